The molecule has 3 rings (SSSR count). The highest BCUT2D eigenvalue weighted by atomic mass is 19.1. The molecule has 0 fully saturated rings. The Balaban J connectivity index is 1.70. The minimum absolute atomic E-state index is 0.175. The fraction of sp³-hybridized carbons (Fsp3) is 0.154. The van der Waals surface area contributed by atoms with Gasteiger partial charge in [-0.3, -0.25) is 0 Å². The van der Waals surface area contributed by atoms with Crippen molar-refractivity contribution in [1.82, 2.24) is 19.9 Å². The molecule has 1 aromatic carbocycles. The smallest absolute Gasteiger partial charge is 0.224 e. The van der Waals surface area contributed by atoms with Gasteiger partial charge in [0.1, 0.15) is 11.3 Å². The van der Waals surface area contributed by atoms with E-state index in [2.05, 4.69) is 25.3 Å². The number of H-pyrrole nitrogens is 1. The quantitative estimate of drug-likeness (QED) is 0.672. The minimum Gasteiger partial charge on any atom is -0.368 e. The average molecular weight is 272 g/mol. The zero-order chi connectivity index (χ0) is 13.9. The van der Waals surface area contributed by atoms with Gasteiger partial charge < -0.3 is 16.0 Å². The molecule has 0 radical (unpaired) electrons. The SMILES string of the molecule is Nc1nc(NCCc2ccc(F)cc2)c2[nH]cnc2n1. The van der Waals surface area contributed by atoms with E-state index < -0.39 is 0 Å². The van der Waals surface area contributed by atoms with Crippen LogP contribution in [-0.2, 0) is 6.42 Å². The molecular formula is C13H13FN6. The molecule has 102 valence electrons. The van der Waals surface area contributed by atoms with Crippen LogP contribution < -0.4 is 11.1 Å². The highest BCUT2D eigenvalue weighted by Gasteiger charge is 2.07. The van der Waals surface area contributed by atoms with Gasteiger partial charge in [-0.2, -0.15) is 9.97 Å². The Labute approximate surface area is 114 Å². The van der Waals surface area contributed by atoms with Crippen LogP contribution in [0.4, 0.5) is 16.2 Å². The van der Waals surface area contributed by atoms with Crippen LogP contribution in [0, 0.1) is 5.82 Å². The van der Waals surface area contributed by atoms with Gasteiger partial charge in [0.15, 0.2) is 11.5 Å². The van der Waals surface area contributed by atoms with Crippen LogP contribution in [-0.4, -0.2) is 26.5 Å². The zero-order valence-electron chi connectivity index (χ0n) is 10.6. The van der Waals surface area contributed by atoms with Gasteiger partial charge in [0.05, 0.1) is 6.33 Å². The maximum Gasteiger partial charge on any atom is 0.224 e. The summed E-state index contributed by atoms with van der Waals surface area (Å²) < 4.78 is 12.8. The number of anilines is 2. The summed E-state index contributed by atoms with van der Waals surface area (Å²) in [6.07, 6.45) is 2.30. The molecule has 0 amide bonds. The topological polar surface area (TPSA) is 92.5 Å². The number of halogens is 1. The summed E-state index contributed by atoms with van der Waals surface area (Å²) in [6, 6.07) is 6.42. The highest BCUT2D eigenvalue weighted by Crippen LogP contribution is 2.17. The maximum absolute atomic E-state index is 12.8. The minimum atomic E-state index is -0.232. The molecule has 20 heavy (non-hydrogen) atoms. The van der Waals surface area contributed by atoms with Gasteiger partial charge in [-0.05, 0) is 24.1 Å². The number of nitrogen functional groups attached to an aromatic ring is 1. The largest absolute Gasteiger partial charge is 0.368 e. The number of aromatic amines is 1. The first-order valence-electron chi connectivity index (χ1n) is 6.17. The lowest BCUT2D eigenvalue weighted by atomic mass is 10.1. The highest BCUT2D eigenvalue weighted by molar-refractivity contribution is 5.83. The summed E-state index contributed by atoms with van der Waals surface area (Å²) in [7, 11) is 0. The van der Waals surface area contributed by atoms with Gasteiger partial charge in [0.2, 0.25) is 5.95 Å². The average Bonchev–Trinajstić information content (AvgIpc) is 2.89. The van der Waals surface area contributed by atoms with E-state index in [4.69, 9.17) is 5.73 Å². The number of hydrogen-bond donors (Lipinski definition) is 3. The van der Waals surface area contributed by atoms with Crippen molar-refractivity contribution in [3.8, 4) is 0 Å². The van der Waals surface area contributed by atoms with Crippen LogP contribution >= 0.6 is 0 Å². The second-order valence-electron chi connectivity index (χ2n) is 4.33. The fourth-order valence-electron chi connectivity index (χ4n) is 1.95. The molecule has 0 aliphatic carbocycles. The fourth-order valence-corrected chi connectivity index (χ4v) is 1.95. The second kappa shape index (κ2) is 5.12. The Morgan fingerprint density at radius 3 is 2.80 bits per heavy atom. The van der Waals surface area contributed by atoms with Crippen LogP contribution in [0.15, 0.2) is 30.6 Å². The van der Waals surface area contributed by atoms with Crippen molar-refractivity contribution >= 4 is 22.9 Å². The second-order valence-corrected chi connectivity index (χ2v) is 4.33. The van der Waals surface area contributed by atoms with Gasteiger partial charge in [0, 0.05) is 6.54 Å². The normalized spacial score (nSPS) is 10.8. The van der Waals surface area contributed by atoms with Crippen LogP contribution in [0.1, 0.15) is 5.56 Å². The zero-order valence-corrected chi connectivity index (χ0v) is 10.6. The lowest BCUT2D eigenvalue weighted by Gasteiger charge is -2.07. The molecule has 0 saturated heterocycles. The summed E-state index contributed by atoms with van der Waals surface area (Å²) in [5.74, 6) is 0.561. The van der Waals surface area contributed by atoms with Gasteiger partial charge >= 0.3 is 0 Å². The van der Waals surface area contributed by atoms with Crippen LogP contribution in [0.2, 0.25) is 0 Å². The molecule has 0 unspecified atom stereocenters. The summed E-state index contributed by atoms with van der Waals surface area (Å²) in [5.41, 5.74) is 7.92. The first-order chi connectivity index (χ1) is 9.72. The first-order valence-corrected chi connectivity index (χ1v) is 6.17. The van der Waals surface area contributed by atoms with E-state index in [1.54, 1.807) is 18.5 Å². The molecule has 3 aromatic rings. The van der Waals surface area contributed by atoms with E-state index >= 15 is 0 Å². The molecule has 0 aliphatic rings. The summed E-state index contributed by atoms with van der Waals surface area (Å²) >= 11 is 0. The van der Waals surface area contributed by atoms with E-state index in [0.29, 0.717) is 18.0 Å². The monoisotopic (exact) mass is 272 g/mol. The van der Waals surface area contributed by atoms with Gasteiger partial charge in [-0.25, -0.2) is 9.37 Å². The Hall–Kier alpha value is -2.70. The molecule has 0 atom stereocenters. The number of nitrogens with zero attached hydrogens (tertiary/aromatic N) is 3. The van der Waals surface area contributed by atoms with E-state index in [1.807, 2.05) is 0 Å². The molecule has 2 aromatic heterocycles. The molecular weight excluding hydrogens is 259 g/mol. The van der Waals surface area contributed by atoms with E-state index in [-0.39, 0.29) is 11.8 Å². The number of rotatable bonds is 4. The van der Waals surface area contributed by atoms with Crippen LogP contribution in [0.3, 0.4) is 0 Å². The first kappa shape index (κ1) is 12.3. The number of imidazole rings is 1. The standard InChI is InChI=1S/C13H13FN6/c14-9-3-1-8(2-4-9)5-6-16-11-10-12(18-7-17-10)20-13(15)19-11/h1-4,7H,5-6H2,(H4,15,16,17,18,19,20). The Kier molecular flexibility index (Phi) is 3.16. The van der Waals surface area contributed by atoms with Crippen molar-refractivity contribution in [2.45, 2.75) is 6.42 Å². The van der Waals surface area contributed by atoms with E-state index in [0.717, 1.165) is 17.5 Å². The van der Waals surface area contributed by atoms with Gasteiger partial charge in [0.25, 0.3) is 0 Å². The summed E-state index contributed by atoms with van der Waals surface area (Å²) in [4.78, 5) is 15.2. The van der Waals surface area contributed by atoms with Crippen LogP contribution in [0.25, 0.3) is 11.2 Å². The molecule has 4 N–H and O–H groups in total. The number of aromatic nitrogens is 4. The lowest BCUT2D eigenvalue weighted by molar-refractivity contribution is 0.627. The predicted octanol–water partition coefficient (Wildman–Crippen LogP) is 1.73. The van der Waals surface area contributed by atoms with Crippen molar-refractivity contribution in [3.63, 3.8) is 0 Å². The van der Waals surface area contributed by atoms with E-state index in [9.17, 15) is 4.39 Å². The number of benzene rings is 1. The predicted molar refractivity (Wildman–Crippen MR) is 74.7 cm³/mol. The third-order valence-electron chi connectivity index (χ3n) is 2.92. The van der Waals surface area contributed by atoms with Crippen LogP contribution in [0.5, 0.6) is 0 Å². The van der Waals surface area contributed by atoms with Crippen molar-refractivity contribution in [1.29, 1.82) is 0 Å². The van der Waals surface area contributed by atoms with Crippen molar-refractivity contribution in [2.24, 2.45) is 0 Å². The molecule has 7 heteroatoms. The molecule has 0 spiro atoms. The number of fused-ring (bicyclic) bond motifs is 1. The Bertz CT molecular complexity index is 721. The Morgan fingerprint density at radius 2 is 2.00 bits per heavy atom. The van der Waals surface area contributed by atoms with E-state index in [1.165, 1.54) is 12.1 Å². The molecule has 6 nitrogen and oxygen atoms in total. The van der Waals surface area contributed by atoms with Crippen molar-refractivity contribution < 1.29 is 4.39 Å². The third kappa shape index (κ3) is 2.51. The maximum atomic E-state index is 12.8. The Morgan fingerprint density at radius 1 is 1.20 bits per heavy atom. The molecule has 0 saturated carbocycles. The van der Waals surface area contributed by atoms with Gasteiger partial charge in [-0.15, -0.1) is 0 Å². The molecule has 2 heterocycles. The molecule has 0 bridgehead atoms. The number of nitrogens with one attached hydrogen (secondary N) is 2. The summed E-state index contributed by atoms with van der Waals surface area (Å²) in [5, 5.41) is 3.18. The lowest BCUT2D eigenvalue weighted by Crippen LogP contribution is -2.08. The third-order valence-corrected chi connectivity index (χ3v) is 2.92. The van der Waals surface area contributed by atoms with Crippen molar-refractivity contribution in [3.05, 3.63) is 42.0 Å². The molecule has 0 aliphatic heterocycles. The van der Waals surface area contributed by atoms with Crippen molar-refractivity contribution in [2.75, 3.05) is 17.6 Å². The summed E-state index contributed by atoms with van der Waals surface area (Å²) in [6.45, 7) is 0.649. The number of nitrogens with two attached hydrogens (primary N) is 1. The van der Waals surface area contributed by atoms with Gasteiger partial charge in [-0.1, -0.05) is 12.1 Å². The number of hydrogen-bond acceptors (Lipinski definition) is 5.